The number of nitrogens with zero attached hydrogens (tertiary/aromatic N) is 1. The molecule has 6 nitrogen and oxygen atoms in total. The van der Waals surface area contributed by atoms with Gasteiger partial charge in [-0.25, -0.2) is 8.42 Å². The Bertz CT molecular complexity index is 755. The number of sulfone groups is 1. The number of fused-ring (bicyclic) bond motifs is 1. The van der Waals surface area contributed by atoms with Crippen molar-refractivity contribution >= 4 is 21.7 Å². The molecule has 0 spiro atoms. The highest BCUT2D eigenvalue weighted by molar-refractivity contribution is 7.94. The van der Waals surface area contributed by atoms with Gasteiger partial charge < -0.3 is 10.2 Å². The summed E-state index contributed by atoms with van der Waals surface area (Å²) in [6.45, 7) is 0.892. The van der Waals surface area contributed by atoms with Crippen molar-refractivity contribution in [2.24, 2.45) is 0 Å². The molecule has 0 radical (unpaired) electrons. The molecule has 2 aliphatic heterocycles. The highest BCUT2D eigenvalue weighted by Gasteiger charge is 2.29. The Morgan fingerprint density at radius 1 is 1.18 bits per heavy atom. The molecule has 3 rings (SSSR count). The first-order valence-corrected chi connectivity index (χ1v) is 8.74. The Kier molecular flexibility index (Phi) is 3.74. The van der Waals surface area contributed by atoms with Crippen molar-refractivity contribution in [3.05, 3.63) is 46.9 Å². The third-order valence-corrected chi connectivity index (χ3v) is 5.25. The van der Waals surface area contributed by atoms with E-state index in [0.717, 1.165) is 11.0 Å². The summed E-state index contributed by atoms with van der Waals surface area (Å²) in [6, 6.07) is 7.19. The van der Waals surface area contributed by atoms with E-state index in [0.29, 0.717) is 19.5 Å². The Morgan fingerprint density at radius 2 is 1.91 bits per heavy atom. The molecule has 0 unspecified atom stereocenters. The summed E-state index contributed by atoms with van der Waals surface area (Å²) >= 11 is 0. The maximum Gasteiger partial charge on any atom is 0.312 e. The van der Waals surface area contributed by atoms with Crippen LogP contribution in [0.25, 0.3) is 0 Å². The van der Waals surface area contributed by atoms with E-state index >= 15 is 0 Å². The second kappa shape index (κ2) is 5.57. The van der Waals surface area contributed by atoms with Crippen molar-refractivity contribution < 1.29 is 18.0 Å². The van der Waals surface area contributed by atoms with Crippen LogP contribution in [0, 0.1) is 0 Å². The van der Waals surface area contributed by atoms with Gasteiger partial charge in [-0.15, -0.1) is 0 Å². The van der Waals surface area contributed by atoms with Crippen molar-refractivity contribution in [1.29, 1.82) is 0 Å². The highest BCUT2D eigenvalue weighted by Crippen LogP contribution is 2.18. The molecule has 0 saturated carbocycles. The number of carbonyl (C=O) groups is 2. The van der Waals surface area contributed by atoms with E-state index < -0.39 is 27.7 Å². The van der Waals surface area contributed by atoms with Crippen molar-refractivity contribution in [1.82, 2.24) is 10.2 Å². The van der Waals surface area contributed by atoms with E-state index in [4.69, 9.17) is 0 Å². The largest absolute Gasteiger partial charge is 0.341 e. The van der Waals surface area contributed by atoms with Gasteiger partial charge in [-0.05, 0) is 23.6 Å². The molecule has 0 fully saturated rings. The first-order valence-electron chi connectivity index (χ1n) is 7.02. The van der Waals surface area contributed by atoms with Crippen LogP contribution in [0.15, 0.2) is 35.7 Å². The summed E-state index contributed by atoms with van der Waals surface area (Å²) in [5.41, 5.74) is 2.23. The fourth-order valence-electron chi connectivity index (χ4n) is 2.71. The number of amides is 2. The zero-order valence-corrected chi connectivity index (χ0v) is 12.7. The molecule has 1 atom stereocenters. The summed E-state index contributed by atoms with van der Waals surface area (Å²) in [5, 5.41) is 3.53. The first kappa shape index (κ1) is 14.8. The van der Waals surface area contributed by atoms with Crippen LogP contribution in [0.2, 0.25) is 0 Å². The van der Waals surface area contributed by atoms with Gasteiger partial charge in [-0.1, -0.05) is 24.3 Å². The lowest BCUT2D eigenvalue weighted by Gasteiger charge is -2.28. The molecule has 116 valence electrons. The predicted octanol–water partition coefficient (Wildman–Crippen LogP) is -0.00180. The monoisotopic (exact) mass is 320 g/mol. The fourth-order valence-corrected chi connectivity index (χ4v) is 3.94. The normalized spacial score (nSPS) is 22.2. The maximum atomic E-state index is 12.2. The lowest BCUT2D eigenvalue weighted by atomic mass is 10.00. The Hall–Kier alpha value is -2.15. The van der Waals surface area contributed by atoms with Crippen LogP contribution >= 0.6 is 0 Å². The minimum absolute atomic E-state index is 0.186. The van der Waals surface area contributed by atoms with Crippen molar-refractivity contribution in [3.63, 3.8) is 0 Å². The van der Waals surface area contributed by atoms with Gasteiger partial charge in [-0.2, -0.15) is 0 Å². The predicted molar refractivity (Wildman–Crippen MR) is 80.4 cm³/mol. The van der Waals surface area contributed by atoms with Gasteiger partial charge in [-0.3, -0.25) is 9.59 Å². The summed E-state index contributed by atoms with van der Waals surface area (Å²) < 4.78 is 22.6. The number of hydrogen-bond donors (Lipinski definition) is 1. The van der Waals surface area contributed by atoms with Crippen molar-refractivity contribution in [3.8, 4) is 0 Å². The van der Waals surface area contributed by atoms with Gasteiger partial charge in [0.25, 0.3) is 0 Å². The molecule has 1 N–H and O–H groups in total. The molecule has 0 bridgehead atoms. The highest BCUT2D eigenvalue weighted by atomic mass is 32.2. The van der Waals surface area contributed by atoms with Gasteiger partial charge in [0.2, 0.25) is 0 Å². The van der Waals surface area contributed by atoms with Crippen LogP contribution in [0.4, 0.5) is 0 Å². The number of hydrogen-bond acceptors (Lipinski definition) is 4. The third-order valence-electron chi connectivity index (χ3n) is 3.86. The molecule has 2 aliphatic rings. The molecule has 2 heterocycles. The summed E-state index contributed by atoms with van der Waals surface area (Å²) in [4.78, 5) is 25.7. The smallest absolute Gasteiger partial charge is 0.312 e. The molecule has 0 saturated heterocycles. The van der Waals surface area contributed by atoms with Gasteiger partial charge in [0, 0.05) is 18.5 Å². The van der Waals surface area contributed by atoms with Crippen LogP contribution in [-0.4, -0.2) is 43.5 Å². The molecule has 0 aliphatic carbocycles. The molecule has 7 heteroatoms. The molecule has 1 aromatic rings. The second-order valence-corrected chi connectivity index (χ2v) is 7.41. The summed E-state index contributed by atoms with van der Waals surface area (Å²) in [7, 11) is -3.25. The van der Waals surface area contributed by atoms with Gasteiger partial charge in [0.1, 0.15) is 0 Å². The molecular formula is C15H16N2O4S. The third kappa shape index (κ3) is 3.04. The standard InChI is InChI=1S/C15H16N2O4S/c18-14(16-13-6-8-22(20,21)10-13)15(19)17-7-5-11-3-1-2-4-12(11)9-17/h1-4,6,8,13H,5,7,9-10H2,(H,16,18)/t13-/m1/s1. The van der Waals surface area contributed by atoms with E-state index in [1.165, 1.54) is 16.5 Å². The zero-order valence-electron chi connectivity index (χ0n) is 11.9. The minimum Gasteiger partial charge on any atom is -0.341 e. The van der Waals surface area contributed by atoms with Crippen LogP contribution < -0.4 is 5.32 Å². The Labute approximate surface area is 128 Å². The molecule has 1 aromatic carbocycles. The van der Waals surface area contributed by atoms with Crippen LogP contribution in [-0.2, 0) is 32.4 Å². The lowest BCUT2D eigenvalue weighted by molar-refractivity contribution is -0.146. The van der Waals surface area contributed by atoms with Gasteiger partial charge in [0.05, 0.1) is 11.8 Å². The van der Waals surface area contributed by atoms with E-state index in [2.05, 4.69) is 5.32 Å². The average Bonchev–Trinajstić information content (AvgIpc) is 2.84. The summed E-state index contributed by atoms with van der Waals surface area (Å²) in [5.74, 6) is -1.56. The zero-order chi connectivity index (χ0) is 15.7. The van der Waals surface area contributed by atoms with Crippen LogP contribution in [0.3, 0.4) is 0 Å². The molecule has 0 aromatic heterocycles. The second-order valence-electron chi connectivity index (χ2n) is 5.48. The Morgan fingerprint density at radius 3 is 2.59 bits per heavy atom. The van der Waals surface area contributed by atoms with E-state index in [1.807, 2.05) is 24.3 Å². The first-order chi connectivity index (χ1) is 10.4. The van der Waals surface area contributed by atoms with E-state index in [1.54, 1.807) is 0 Å². The number of nitrogens with one attached hydrogen (secondary N) is 1. The van der Waals surface area contributed by atoms with Crippen LogP contribution in [0.1, 0.15) is 11.1 Å². The fraction of sp³-hybridized carbons (Fsp3) is 0.333. The molecule has 2 amide bonds. The van der Waals surface area contributed by atoms with Crippen molar-refractivity contribution in [2.45, 2.75) is 19.0 Å². The van der Waals surface area contributed by atoms with Crippen molar-refractivity contribution in [2.75, 3.05) is 12.3 Å². The molecular weight excluding hydrogens is 304 g/mol. The lowest BCUT2D eigenvalue weighted by Crippen LogP contribution is -2.48. The van der Waals surface area contributed by atoms with Crippen LogP contribution in [0.5, 0.6) is 0 Å². The number of benzene rings is 1. The number of carbonyl (C=O) groups excluding carboxylic acids is 2. The summed E-state index contributed by atoms with van der Waals surface area (Å²) in [6.07, 6.45) is 2.11. The van der Waals surface area contributed by atoms with Gasteiger partial charge in [0.15, 0.2) is 9.84 Å². The minimum atomic E-state index is -3.25. The Balaban J connectivity index is 1.63. The van der Waals surface area contributed by atoms with E-state index in [9.17, 15) is 18.0 Å². The maximum absolute atomic E-state index is 12.2. The quantitative estimate of drug-likeness (QED) is 0.738. The average molecular weight is 320 g/mol. The molecule has 22 heavy (non-hydrogen) atoms. The van der Waals surface area contributed by atoms with E-state index in [-0.39, 0.29) is 5.75 Å². The SMILES string of the molecule is O=C(N[C@@H]1C=CS(=O)(=O)C1)C(=O)N1CCc2ccccc2C1. The van der Waals surface area contributed by atoms with Gasteiger partial charge >= 0.3 is 11.8 Å². The number of rotatable bonds is 1. The topological polar surface area (TPSA) is 83.5 Å².